The normalized spacial score (nSPS) is 23.1. The first-order chi connectivity index (χ1) is 17.8. The second-order valence-corrected chi connectivity index (χ2v) is 9.10. The molecule has 2 aromatic heterocycles. The average Bonchev–Trinajstić information content (AvgIpc) is 3.41. The Morgan fingerprint density at radius 3 is 2.35 bits per heavy atom. The molecular formula is C25H21BClN5O5. The van der Waals surface area contributed by atoms with Crippen molar-refractivity contribution in [1.29, 1.82) is 0 Å². The summed E-state index contributed by atoms with van der Waals surface area (Å²) in [7, 11) is 6.76. The number of hydrogen-bond acceptors (Lipinski definition) is 9. The maximum absolute atomic E-state index is 13.0. The van der Waals surface area contributed by atoms with E-state index in [0.29, 0.717) is 16.6 Å². The van der Waals surface area contributed by atoms with E-state index >= 15 is 0 Å². The minimum atomic E-state index is -1.31. The Kier molecular flexibility index (Phi) is 6.57. The first kappa shape index (κ1) is 24.7. The van der Waals surface area contributed by atoms with Crippen LogP contribution < -0.4 is 5.73 Å². The summed E-state index contributed by atoms with van der Waals surface area (Å²) >= 11 is 6.18. The number of imidazole rings is 1. The lowest BCUT2D eigenvalue weighted by molar-refractivity contribution is -0.0565. The Balaban J connectivity index is 1.47. The van der Waals surface area contributed by atoms with Gasteiger partial charge < -0.3 is 19.9 Å². The van der Waals surface area contributed by atoms with E-state index in [1.165, 1.54) is 6.33 Å². The van der Waals surface area contributed by atoms with Crippen molar-refractivity contribution in [3.05, 3.63) is 83.3 Å². The van der Waals surface area contributed by atoms with Gasteiger partial charge >= 0.3 is 11.9 Å². The van der Waals surface area contributed by atoms with Crippen LogP contribution in [0.3, 0.4) is 0 Å². The van der Waals surface area contributed by atoms with Crippen molar-refractivity contribution in [2.24, 2.45) is 0 Å². The monoisotopic (exact) mass is 517 g/mol. The highest BCUT2D eigenvalue weighted by Gasteiger charge is 2.54. The average molecular weight is 518 g/mol. The van der Waals surface area contributed by atoms with Gasteiger partial charge in [0, 0.05) is 5.31 Å². The third-order valence-corrected chi connectivity index (χ3v) is 6.33. The lowest BCUT2D eigenvalue weighted by atomic mass is 9.65. The SMILES string of the molecule is [B][C@]1(C)[C@H](OC(=O)c2ccccc2)[C@@H](COC(=O)c2ccccc2)O[C@H]1n1cnc2c(Cl)nc(N)nc21. The van der Waals surface area contributed by atoms with E-state index in [2.05, 4.69) is 15.0 Å². The summed E-state index contributed by atoms with van der Waals surface area (Å²) in [5.74, 6) is -1.22. The van der Waals surface area contributed by atoms with E-state index in [4.69, 9.17) is 39.4 Å². The summed E-state index contributed by atoms with van der Waals surface area (Å²) in [6, 6.07) is 17.0. The highest BCUT2D eigenvalue weighted by Crippen LogP contribution is 2.51. The highest BCUT2D eigenvalue weighted by atomic mass is 35.5. The Bertz CT molecular complexity index is 1450. The number of ether oxygens (including phenoxy) is 3. The molecule has 1 fully saturated rings. The number of carbonyl (C=O) groups is 2. The number of aromatic nitrogens is 4. The van der Waals surface area contributed by atoms with Crippen LogP contribution in [0.1, 0.15) is 33.9 Å². The molecule has 0 unspecified atom stereocenters. The molecule has 3 heterocycles. The van der Waals surface area contributed by atoms with Gasteiger partial charge in [0.2, 0.25) is 5.95 Å². The van der Waals surface area contributed by atoms with Crippen molar-refractivity contribution < 1.29 is 23.8 Å². The lowest BCUT2D eigenvalue weighted by Gasteiger charge is -2.32. The van der Waals surface area contributed by atoms with Crippen molar-refractivity contribution in [1.82, 2.24) is 19.5 Å². The van der Waals surface area contributed by atoms with Crippen molar-refractivity contribution in [3.63, 3.8) is 0 Å². The third-order valence-electron chi connectivity index (χ3n) is 6.07. The highest BCUT2D eigenvalue weighted by molar-refractivity contribution is 6.33. The van der Waals surface area contributed by atoms with Crippen LogP contribution in [0.5, 0.6) is 0 Å². The predicted molar refractivity (Wildman–Crippen MR) is 135 cm³/mol. The number of nitrogen functional groups attached to an aromatic ring is 1. The number of nitrogens with two attached hydrogens (primary N) is 1. The van der Waals surface area contributed by atoms with E-state index in [1.807, 2.05) is 0 Å². The fourth-order valence-corrected chi connectivity index (χ4v) is 4.48. The number of fused-ring (bicyclic) bond motifs is 1. The Labute approximate surface area is 218 Å². The number of benzene rings is 2. The summed E-state index contributed by atoms with van der Waals surface area (Å²) in [5.41, 5.74) is 7.08. The number of nitrogens with zero attached hydrogens (tertiary/aromatic N) is 4. The first-order valence-electron chi connectivity index (χ1n) is 11.3. The number of anilines is 1. The topological polar surface area (TPSA) is 131 Å². The minimum absolute atomic E-state index is 0.0589. The molecule has 37 heavy (non-hydrogen) atoms. The molecule has 4 aromatic rings. The first-order valence-corrected chi connectivity index (χ1v) is 11.7. The molecule has 2 aromatic carbocycles. The lowest BCUT2D eigenvalue weighted by Crippen LogP contribution is -2.38. The van der Waals surface area contributed by atoms with Gasteiger partial charge in [-0.2, -0.15) is 9.97 Å². The second kappa shape index (κ2) is 9.83. The third kappa shape index (κ3) is 4.75. The van der Waals surface area contributed by atoms with Crippen molar-refractivity contribution >= 4 is 48.5 Å². The van der Waals surface area contributed by atoms with Crippen molar-refractivity contribution in [2.75, 3.05) is 12.3 Å². The number of esters is 2. The van der Waals surface area contributed by atoms with Crippen LogP contribution in [0.2, 0.25) is 10.5 Å². The fourth-order valence-electron chi connectivity index (χ4n) is 4.26. The molecule has 2 radical (unpaired) electrons. The van der Waals surface area contributed by atoms with E-state index in [0.717, 1.165) is 0 Å². The van der Waals surface area contributed by atoms with Gasteiger partial charge in [-0.25, -0.2) is 14.6 Å². The molecule has 5 rings (SSSR count). The summed E-state index contributed by atoms with van der Waals surface area (Å²) in [6.07, 6.45) is -1.42. The van der Waals surface area contributed by atoms with E-state index in [9.17, 15) is 9.59 Å². The van der Waals surface area contributed by atoms with Crippen LogP contribution in [-0.4, -0.2) is 58.1 Å². The van der Waals surface area contributed by atoms with E-state index in [-0.39, 0.29) is 23.4 Å². The van der Waals surface area contributed by atoms with Gasteiger partial charge in [-0.05, 0) is 24.3 Å². The molecule has 1 saturated heterocycles. The largest absolute Gasteiger partial charge is 0.459 e. The van der Waals surface area contributed by atoms with Gasteiger partial charge in [0.15, 0.2) is 10.8 Å². The predicted octanol–water partition coefficient (Wildman–Crippen LogP) is 3.39. The zero-order valence-corrected chi connectivity index (χ0v) is 20.4. The fraction of sp³-hybridized carbons (Fsp3) is 0.240. The van der Waals surface area contributed by atoms with Crippen LogP contribution >= 0.6 is 11.6 Å². The standard InChI is InChI=1S/C25H21BClN5O5/c1-25(26)18(37-22(34)15-10-6-3-7-11-15)16(12-35-21(33)14-8-4-2-5-9-14)36-23(25)32-13-29-17-19(27)30-24(28)31-20(17)32/h2-11,13,16,18,23H,12H2,1H3,(H2,28,30,31)/t16-,18-,23-,25-/m1/s1. The summed E-state index contributed by atoms with van der Waals surface area (Å²) in [6.45, 7) is 1.44. The number of rotatable bonds is 6. The summed E-state index contributed by atoms with van der Waals surface area (Å²) in [5, 5.41) is -1.24. The van der Waals surface area contributed by atoms with Gasteiger partial charge in [0.25, 0.3) is 0 Å². The van der Waals surface area contributed by atoms with Gasteiger partial charge in [-0.1, -0.05) is 54.9 Å². The maximum atomic E-state index is 13.0. The summed E-state index contributed by atoms with van der Waals surface area (Å²) in [4.78, 5) is 38.0. The molecule has 0 spiro atoms. The second-order valence-electron chi connectivity index (χ2n) is 8.75. The Morgan fingerprint density at radius 1 is 1.08 bits per heavy atom. The smallest absolute Gasteiger partial charge is 0.338 e. The molecule has 4 atom stereocenters. The van der Waals surface area contributed by atoms with Gasteiger partial charge in [-0.15, -0.1) is 0 Å². The molecule has 2 N–H and O–H groups in total. The zero-order valence-electron chi connectivity index (χ0n) is 19.7. The molecule has 0 saturated carbocycles. The Morgan fingerprint density at radius 2 is 1.70 bits per heavy atom. The van der Waals surface area contributed by atoms with Crippen LogP contribution in [0.25, 0.3) is 11.2 Å². The molecule has 1 aliphatic rings. The minimum Gasteiger partial charge on any atom is -0.459 e. The molecule has 0 amide bonds. The molecule has 0 bridgehead atoms. The quantitative estimate of drug-likeness (QED) is 0.232. The maximum Gasteiger partial charge on any atom is 0.338 e. The number of hydrogen-bond donors (Lipinski definition) is 1. The molecule has 12 heteroatoms. The number of halogens is 1. The molecular weight excluding hydrogens is 497 g/mol. The Hall–Kier alpha value is -3.96. The molecule has 10 nitrogen and oxygen atoms in total. The van der Waals surface area contributed by atoms with Gasteiger partial charge in [0.1, 0.15) is 30.6 Å². The molecule has 186 valence electrons. The zero-order chi connectivity index (χ0) is 26.2. The van der Waals surface area contributed by atoms with Gasteiger partial charge in [-0.3, -0.25) is 4.57 Å². The van der Waals surface area contributed by atoms with Crippen LogP contribution in [0.15, 0.2) is 67.0 Å². The summed E-state index contributed by atoms with van der Waals surface area (Å²) < 4.78 is 19.2. The molecule has 0 aliphatic carbocycles. The van der Waals surface area contributed by atoms with Crippen molar-refractivity contribution in [3.8, 4) is 0 Å². The van der Waals surface area contributed by atoms with Crippen LogP contribution in [0.4, 0.5) is 5.95 Å². The van der Waals surface area contributed by atoms with Crippen LogP contribution in [0, 0.1) is 0 Å². The van der Waals surface area contributed by atoms with E-state index < -0.39 is 35.7 Å². The number of carbonyl (C=O) groups excluding carboxylic acids is 2. The van der Waals surface area contributed by atoms with Crippen molar-refractivity contribution in [2.45, 2.75) is 30.7 Å². The van der Waals surface area contributed by atoms with Crippen LogP contribution in [-0.2, 0) is 14.2 Å². The van der Waals surface area contributed by atoms with E-state index in [1.54, 1.807) is 72.2 Å². The molecule has 1 aliphatic heterocycles. The van der Waals surface area contributed by atoms with Gasteiger partial charge in [0.05, 0.1) is 25.3 Å².